The predicted octanol–water partition coefficient (Wildman–Crippen LogP) is 3.55. The molecule has 1 nitrogen and oxygen atoms in total. The lowest BCUT2D eigenvalue weighted by molar-refractivity contribution is -0.182. The molecule has 0 aliphatic heterocycles. The highest BCUT2D eigenvalue weighted by molar-refractivity contribution is 5.07. The molecular formula is C14H22O. The van der Waals surface area contributed by atoms with E-state index in [1.165, 1.54) is 38.5 Å². The lowest BCUT2D eigenvalue weighted by Crippen LogP contribution is -2.55. The van der Waals surface area contributed by atoms with Crippen LogP contribution < -0.4 is 0 Å². The normalized spacial score (nSPS) is 52.1. The summed E-state index contributed by atoms with van der Waals surface area (Å²) in [6, 6.07) is 0. The monoisotopic (exact) mass is 206 g/mol. The van der Waals surface area contributed by atoms with Crippen molar-refractivity contribution in [2.75, 3.05) is 6.61 Å². The van der Waals surface area contributed by atoms with Crippen LogP contribution in [-0.2, 0) is 4.74 Å². The fourth-order valence-electron chi connectivity index (χ4n) is 5.03. The van der Waals surface area contributed by atoms with E-state index in [4.69, 9.17) is 4.74 Å². The minimum atomic E-state index is 0.243. The summed E-state index contributed by atoms with van der Waals surface area (Å²) in [6.07, 6.45) is 10.3. The zero-order chi connectivity index (χ0) is 10.5. The van der Waals surface area contributed by atoms with E-state index < -0.39 is 0 Å². The van der Waals surface area contributed by atoms with Crippen LogP contribution in [-0.4, -0.2) is 12.2 Å². The van der Waals surface area contributed by atoms with Crippen molar-refractivity contribution in [1.82, 2.24) is 0 Å². The van der Waals surface area contributed by atoms with Gasteiger partial charge in [0.05, 0.1) is 12.2 Å². The molecule has 1 heteroatoms. The third kappa shape index (κ3) is 1.56. The summed E-state index contributed by atoms with van der Waals surface area (Å²) in [5.74, 6) is 1.92. The molecule has 0 heterocycles. The average Bonchev–Trinajstić information content (AvgIpc) is 2.10. The van der Waals surface area contributed by atoms with E-state index in [0.29, 0.717) is 5.41 Å². The van der Waals surface area contributed by atoms with Gasteiger partial charge in [0.1, 0.15) is 0 Å². The maximum absolute atomic E-state index is 6.14. The SMILES string of the molecule is C=CCOC12CC3CC(CC(C)(C3)C1)C2. The second-order valence-electron chi connectivity index (χ2n) is 6.55. The zero-order valence-electron chi connectivity index (χ0n) is 9.80. The summed E-state index contributed by atoms with van der Waals surface area (Å²) in [5.41, 5.74) is 0.846. The Balaban J connectivity index is 1.83. The molecule has 0 saturated heterocycles. The molecule has 2 unspecified atom stereocenters. The fourth-order valence-corrected chi connectivity index (χ4v) is 5.03. The summed E-state index contributed by atoms with van der Waals surface area (Å²) < 4.78 is 6.14. The Morgan fingerprint density at radius 3 is 2.47 bits per heavy atom. The highest BCUT2D eigenvalue weighted by Gasteiger charge is 2.56. The van der Waals surface area contributed by atoms with Gasteiger partial charge in [-0.15, -0.1) is 6.58 Å². The summed E-state index contributed by atoms with van der Waals surface area (Å²) in [6.45, 7) is 7.00. The highest BCUT2D eigenvalue weighted by Crippen LogP contribution is 2.62. The van der Waals surface area contributed by atoms with Gasteiger partial charge in [-0.2, -0.15) is 0 Å². The molecule has 4 saturated carbocycles. The molecule has 2 atom stereocenters. The Hall–Kier alpha value is -0.300. The Morgan fingerprint density at radius 2 is 1.93 bits per heavy atom. The van der Waals surface area contributed by atoms with Crippen LogP contribution in [0.15, 0.2) is 12.7 Å². The maximum atomic E-state index is 6.14. The molecular weight excluding hydrogens is 184 g/mol. The van der Waals surface area contributed by atoms with Gasteiger partial charge in [-0.25, -0.2) is 0 Å². The van der Waals surface area contributed by atoms with Gasteiger partial charge in [0.15, 0.2) is 0 Å². The molecule has 4 bridgehead atoms. The Kier molecular flexibility index (Phi) is 2.04. The summed E-state index contributed by atoms with van der Waals surface area (Å²) in [5, 5.41) is 0. The standard InChI is InChI=1S/C14H22O/c1-3-4-15-14-8-11-5-12(9-14)7-13(2,6-11)10-14/h3,11-12H,1,4-10H2,2H3. The van der Waals surface area contributed by atoms with Crippen molar-refractivity contribution >= 4 is 0 Å². The van der Waals surface area contributed by atoms with E-state index in [0.717, 1.165) is 18.4 Å². The van der Waals surface area contributed by atoms with Gasteiger partial charge in [-0.05, 0) is 55.8 Å². The van der Waals surface area contributed by atoms with E-state index in [1.54, 1.807) is 0 Å². The van der Waals surface area contributed by atoms with Crippen molar-refractivity contribution in [1.29, 1.82) is 0 Å². The van der Waals surface area contributed by atoms with Gasteiger partial charge in [-0.3, -0.25) is 0 Å². The molecule has 0 spiro atoms. The summed E-state index contributed by atoms with van der Waals surface area (Å²) >= 11 is 0. The van der Waals surface area contributed by atoms with Crippen LogP contribution in [0.3, 0.4) is 0 Å². The lowest BCUT2D eigenvalue weighted by Gasteiger charge is -2.60. The third-order valence-corrected chi connectivity index (χ3v) is 4.81. The molecule has 0 aromatic carbocycles. The van der Waals surface area contributed by atoms with Crippen molar-refractivity contribution in [3.8, 4) is 0 Å². The number of ether oxygens (including phenoxy) is 1. The highest BCUT2D eigenvalue weighted by atomic mass is 16.5. The summed E-state index contributed by atoms with van der Waals surface area (Å²) in [7, 11) is 0. The van der Waals surface area contributed by atoms with E-state index in [2.05, 4.69) is 13.5 Å². The first-order chi connectivity index (χ1) is 7.13. The number of hydrogen-bond acceptors (Lipinski definition) is 1. The minimum Gasteiger partial charge on any atom is -0.371 e. The van der Waals surface area contributed by atoms with E-state index in [1.807, 2.05) is 6.08 Å². The predicted molar refractivity (Wildman–Crippen MR) is 61.7 cm³/mol. The smallest absolute Gasteiger partial charge is 0.0697 e. The summed E-state index contributed by atoms with van der Waals surface area (Å²) in [4.78, 5) is 0. The molecule has 0 aromatic rings. The third-order valence-electron chi connectivity index (χ3n) is 4.81. The second kappa shape index (κ2) is 3.10. The Labute approximate surface area is 92.9 Å². The molecule has 4 rings (SSSR count). The molecule has 0 aromatic heterocycles. The zero-order valence-corrected chi connectivity index (χ0v) is 9.80. The molecule has 0 radical (unpaired) electrons. The topological polar surface area (TPSA) is 9.23 Å². The van der Waals surface area contributed by atoms with Gasteiger partial charge in [0.2, 0.25) is 0 Å². The van der Waals surface area contributed by atoms with E-state index >= 15 is 0 Å². The first-order valence-corrected chi connectivity index (χ1v) is 6.38. The molecule has 4 fully saturated rings. The van der Waals surface area contributed by atoms with E-state index in [9.17, 15) is 0 Å². The maximum Gasteiger partial charge on any atom is 0.0697 e. The molecule has 84 valence electrons. The molecule has 0 amide bonds. The fraction of sp³-hybridized carbons (Fsp3) is 0.857. The quantitative estimate of drug-likeness (QED) is 0.642. The molecule has 4 aliphatic carbocycles. The Morgan fingerprint density at radius 1 is 1.27 bits per heavy atom. The van der Waals surface area contributed by atoms with Crippen LogP contribution in [0, 0.1) is 17.3 Å². The van der Waals surface area contributed by atoms with Gasteiger partial charge < -0.3 is 4.74 Å². The molecule has 15 heavy (non-hydrogen) atoms. The average molecular weight is 206 g/mol. The van der Waals surface area contributed by atoms with Crippen molar-refractivity contribution < 1.29 is 4.74 Å². The molecule has 0 N–H and O–H groups in total. The lowest BCUT2D eigenvalue weighted by atomic mass is 9.48. The first-order valence-electron chi connectivity index (χ1n) is 6.38. The van der Waals surface area contributed by atoms with Gasteiger partial charge in [0, 0.05) is 0 Å². The number of rotatable bonds is 3. The van der Waals surface area contributed by atoms with Crippen molar-refractivity contribution in [3.63, 3.8) is 0 Å². The van der Waals surface area contributed by atoms with Crippen LogP contribution >= 0.6 is 0 Å². The Bertz CT molecular complexity index is 267. The van der Waals surface area contributed by atoms with Crippen molar-refractivity contribution in [2.45, 2.75) is 51.0 Å². The van der Waals surface area contributed by atoms with Crippen LogP contribution in [0.5, 0.6) is 0 Å². The van der Waals surface area contributed by atoms with Gasteiger partial charge in [-0.1, -0.05) is 13.0 Å². The first kappa shape index (κ1) is 9.89. The minimum absolute atomic E-state index is 0.243. The van der Waals surface area contributed by atoms with Crippen molar-refractivity contribution in [3.05, 3.63) is 12.7 Å². The largest absolute Gasteiger partial charge is 0.371 e. The van der Waals surface area contributed by atoms with Gasteiger partial charge in [0.25, 0.3) is 0 Å². The van der Waals surface area contributed by atoms with Crippen LogP contribution in [0.25, 0.3) is 0 Å². The van der Waals surface area contributed by atoms with E-state index in [-0.39, 0.29) is 5.60 Å². The van der Waals surface area contributed by atoms with Crippen LogP contribution in [0.1, 0.15) is 45.4 Å². The number of hydrogen-bond donors (Lipinski definition) is 0. The van der Waals surface area contributed by atoms with Crippen LogP contribution in [0.4, 0.5) is 0 Å². The molecule has 4 aliphatic rings. The van der Waals surface area contributed by atoms with Crippen molar-refractivity contribution in [2.24, 2.45) is 17.3 Å². The second-order valence-corrected chi connectivity index (χ2v) is 6.55. The van der Waals surface area contributed by atoms with Gasteiger partial charge >= 0.3 is 0 Å². The van der Waals surface area contributed by atoms with Crippen LogP contribution in [0.2, 0.25) is 0 Å².